The van der Waals surface area contributed by atoms with Crippen molar-refractivity contribution in [2.75, 3.05) is 13.1 Å². The van der Waals surface area contributed by atoms with E-state index in [1.165, 1.54) is 24.7 Å². The first kappa shape index (κ1) is 29.3. The van der Waals surface area contributed by atoms with Crippen LogP contribution in [-0.4, -0.2) is 56.8 Å². The van der Waals surface area contributed by atoms with E-state index in [2.05, 4.69) is 48.1 Å². The van der Waals surface area contributed by atoms with Crippen molar-refractivity contribution < 1.29 is 14.3 Å². The zero-order valence-corrected chi connectivity index (χ0v) is 26.6. The van der Waals surface area contributed by atoms with Crippen LogP contribution >= 0.6 is 0 Å². The van der Waals surface area contributed by atoms with Gasteiger partial charge in [0.1, 0.15) is 30.1 Å². The summed E-state index contributed by atoms with van der Waals surface area (Å²) in [4.78, 5) is 35.1. The van der Waals surface area contributed by atoms with E-state index < -0.39 is 8.32 Å². The fraction of sp³-hybridized carbons (Fsp3) is 0.412. The minimum absolute atomic E-state index is 0.0256. The molecule has 1 N–H and O–H groups in total. The predicted octanol–water partition coefficient (Wildman–Crippen LogP) is 6.68. The SMILES string of the molecule is CC(C)(CCCN1CCn2nc(-c3ccncn3)c(-c3ccc(OCc4ccc(C5CC5)cc4)cc3)c2C1=O)[Si](C)(C)O. The largest absolute Gasteiger partial charge is 0.489 e. The van der Waals surface area contributed by atoms with Crippen LogP contribution in [0.5, 0.6) is 5.75 Å². The highest BCUT2D eigenvalue weighted by atomic mass is 28.4. The molecule has 1 aliphatic heterocycles. The maximum Gasteiger partial charge on any atom is 0.272 e. The third-order valence-corrected chi connectivity index (χ3v) is 12.9. The number of fused-ring (bicyclic) bond motifs is 1. The van der Waals surface area contributed by atoms with Gasteiger partial charge in [0.05, 0.1) is 12.2 Å². The van der Waals surface area contributed by atoms with Crippen molar-refractivity contribution in [3.8, 4) is 28.3 Å². The highest BCUT2D eigenvalue weighted by Gasteiger charge is 2.38. The number of hydrogen-bond donors (Lipinski definition) is 1. The highest BCUT2D eigenvalue weighted by Crippen LogP contribution is 2.41. The van der Waals surface area contributed by atoms with E-state index in [1.807, 2.05) is 53.0 Å². The summed E-state index contributed by atoms with van der Waals surface area (Å²) < 4.78 is 7.94. The summed E-state index contributed by atoms with van der Waals surface area (Å²) in [5.74, 6) is 1.49. The normalized spacial score (nSPS) is 15.5. The van der Waals surface area contributed by atoms with E-state index in [0.29, 0.717) is 43.3 Å². The zero-order valence-electron chi connectivity index (χ0n) is 25.6. The number of benzene rings is 2. The molecule has 0 spiro atoms. The van der Waals surface area contributed by atoms with Gasteiger partial charge in [-0.15, -0.1) is 0 Å². The quantitative estimate of drug-likeness (QED) is 0.195. The standard InChI is InChI=1S/C34H41N5O3Si/c1-34(2,43(3,4)41)17-5-19-38-20-21-39-32(33(38)40)30(31(37-39)29-16-18-35-23-36-29)27-12-14-28(15-13-27)42-22-24-6-8-25(9-7-24)26-10-11-26/h6-9,12-16,18,23,26,41H,5,10-11,17,19-22H2,1-4H3. The van der Waals surface area contributed by atoms with Gasteiger partial charge in [0.2, 0.25) is 0 Å². The van der Waals surface area contributed by atoms with E-state index in [9.17, 15) is 9.59 Å². The average Bonchev–Trinajstić information content (AvgIpc) is 3.77. The Hall–Kier alpha value is -3.82. The second kappa shape index (κ2) is 11.7. The van der Waals surface area contributed by atoms with E-state index in [-0.39, 0.29) is 10.9 Å². The lowest BCUT2D eigenvalue weighted by atomic mass is 9.99. The van der Waals surface area contributed by atoms with Crippen LogP contribution in [0.1, 0.15) is 67.1 Å². The molecular formula is C34H41N5O3Si. The molecule has 1 fully saturated rings. The van der Waals surface area contributed by atoms with Gasteiger partial charge in [-0.1, -0.05) is 50.2 Å². The van der Waals surface area contributed by atoms with Crippen molar-refractivity contribution in [2.24, 2.45) is 0 Å². The van der Waals surface area contributed by atoms with Crippen molar-refractivity contribution in [3.05, 3.63) is 83.9 Å². The first-order chi connectivity index (χ1) is 20.6. The molecule has 0 unspecified atom stereocenters. The van der Waals surface area contributed by atoms with Crippen LogP contribution in [-0.2, 0) is 13.2 Å². The number of nitrogens with zero attached hydrogens (tertiary/aromatic N) is 5. The van der Waals surface area contributed by atoms with Crippen LogP contribution in [0, 0.1) is 0 Å². The van der Waals surface area contributed by atoms with Gasteiger partial charge in [-0.3, -0.25) is 9.48 Å². The topological polar surface area (TPSA) is 93.4 Å². The molecule has 0 radical (unpaired) electrons. The molecule has 8 nitrogen and oxygen atoms in total. The first-order valence-electron chi connectivity index (χ1n) is 15.3. The number of hydrogen-bond acceptors (Lipinski definition) is 6. The van der Waals surface area contributed by atoms with E-state index in [4.69, 9.17) is 9.84 Å². The number of rotatable bonds is 11. The van der Waals surface area contributed by atoms with Gasteiger partial charge in [-0.05, 0) is 84.6 Å². The Morgan fingerprint density at radius 1 is 1.02 bits per heavy atom. The molecule has 9 heteroatoms. The Balaban J connectivity index is 1.23. The molecule has 43 heavy (non-hydrogen) atoms. The fourth-order valence-electron chi connectivity index (χ4n) is 5.61. The van der Waals surface area contributed by atoms with Crippen molar-refractivity contribution >= 4 is 14.2 Å². The molecule has 2 aromatic carbocycles. The Labute approximate surface area is 254 Å². The van der Waals surface area contributed by atoms with Crippen LogP contribution in [0.15, 0.2) is 67.1 Å². The van der Waals surface area contributed by atoms with Crippen LogP contribution in [0.4, 0.5) is 0 Å². The number of carbonyl (C=O) groups excluding carboxylic acids is 1. The number of carbonyl (C=O) groups is 1. The molecule has 0 bridgehead atoms. The van der Waals surface area contributed by atoms with E-state index in [0.717, 1.165) is 41.2 Å². The van der Waals surface area contributed by atoms with Crippen LogP contribution in [0.2, 0.25) is 18.1 Å². The van der Waals surface area contributed by atoms with Crippen molar-refractivity contribution in [1.82, 2.24) is 24.6 Å². The van der Waals surface area contributed by atoms with Crippen LogP contribution < -0.4 is 4.74 Å². The maximum absolute atomic E-state index is 14.0. The summed E-state index contributed by atoms with van der Waals surface area (Å²) in [6, 6.07) is 18.5. The predicted molar refractivity (Wildman–Crippen MR) is 170 cm³/mol. The monoisotopic (exact) mass is 595 g/mol. The molecule has 0 atom stereocenters. The lowest BCUT2D eigenvalue weighted by Crippen LogP contribution is -2.42. The smallest absolute Gasteiger partial charge is 0.272 e. The summed E-state index contributed by atoms with van der Waals surface area (Å²) in [5.41, 5.74) is 6.17. The Morgan fingerprint density at radius 3 is 2.42 bits per heavy atom. The molecule has 1 saturated carbocycles. The minimum Gasteiger partial charge on any atom is -0.489 e. The van der Waals surface area contributed by atoms with Gasteiger partial charge in [-0.2, -0.15) is 5.10 Å². The van der Waals surface area contributed by atoms with Crippen LogP contribution in [0.3, 0.4) is 0 Å². The fourth-order valence-corrected chi connectivity index (χ4v) is 6.40. The zero-order chi connectivity index (χ0) is 30.2. The average molecular weight is 596 g/mol. The molecular weight excluding hydrogens is 554 g/mol. The Kier molecular flexibility index (Phi) is 7.96. The van der Waals surface area contributed by atoms with Gasteiger partial charge in [-0.25, -0.2) is 9.97 Å². The van der Waals surface area contributed by atoms with E-state index in [1.54, 1.807) is 6.20 Å². The number of ether oxygens (including phenoxy) is 1. The van der Waals surface area contributed by atoms with Crippen molar-refractivity contribution in [1.29, 1.82) is 0 Å². The third-order valence-electron chi connectivity index (χ3n) is 9.31. The first-order valence-corrected chi connectivity index (χ1v) is 18.3. The summed E-state index contributed by atoms with van der Waals surface area (Å²) in [6.07, 6.45) is 7.51. The summed E-state index contributed by atoms with van der Waals surface area (Å²) >= 11 is 0. The van der Waals surface area contributed by atoms with Gasteiger partial charge in [0, 0.05) is 24.8 Å². The second-order valence-electron chi connectivity index (χ2n) is 13.1. The lowest BCUT2D eigenvalue weighted by molar-refractivity contribution is 0.0694. The van der Waals surface area contributed by atoms with Gasteiger partial charge in [0.15, 0.2) is 8.32 Å². The molecule has 2 aromatic heterocycles. The maximum atomic E-state index is 14.0. The summed E-state index contributed by atoms with van der Waals surface area (Å²) in [6.45, 7) is 10.6. The molecule has 2 aliphatic rings. The van der Waals surface area contributed by atoms with Crippen LogP contribution in [0.25, 0.3) is 22.5 Å². The minimum atomic E-state index is -2.31. The highest BCUT2D eigenvalue weighted by molar-refractivity contribution is 6.72. The number of aromatic nitrogens is 4. The summed E-state index contributed by atoms with van der Waals surface area (Å²) in [5, 5.41) is 4.75. The van der Waals surface area contributed by atoms with Gasteiger partial charge < -0.3 is 14.4 Å². The number of amides is 1. The molecule has 1 amide bonds. The van der Waals surface area contributed by atoms with Gasteiger partial charge >= 0.3 is 0 Å². The molecule has 3 heterocycles. The molecule has 6 rings (SSSR count). The third kappa shape index (κ3) is 6.28. The van der Waals surface area contributed by atoms with Crippen molar-refractivity contribution in [2.45, 2.75) is 76.7 Å². The Bertz CT molecular complexity index is 1570. The molecule has 1 aliphatic carbocycles. The second-order valence-corrected chi connectivity index (χ2v) is 17.5. The Morgan fingerprint density at radius 2 is 1.77 bits per heavy atom. The van der Waals surface area contributed by atoms with Crippen molar-refractivity contribution in [3.63, 3.8) is 0 Å². The molecule has 224 valence electrons. The van der Waals surface area contributed by atoms with Gasteiger partial charge in [0.25, 0.3) is 5.91 Å². The molecule has 0 saturated heterocycles. The van der Waals surface area contributed by atoms with E-state index >= 15 is 0 Å². The lowest BCUT2D eigenvalue weighted by Gasteiger charge is -2.36. The summed E-state index contributed by atoms with van der Waals surface area (Å²) in [7, 11) is -2.31. The molecule has 4 aromatic rings.